The molecule has 1 rings (SSSR count). The molecular formula is C10H12N2O6. The number of carboxylic acid groups (broad SMARTS) is 1. The zero-order valence-corrected chi connectivity index (χ0v) is 9.82. The number of carboxylic acids is 1. The van der Waals surface area contributed by atoms with Crippen molar-refractivity contribution in [3.05, 3.63) is 27.9 Å². The zero-order valence-electron chi connectivity index (χ0n) is 9.82. The van der Waals surface area contributed by atoms with Crippen molar-refractivity contribution in [1.82, 2.24) is 4.98 Å². The van der Waals surface area contributed by atoms with Crippen LogP contribution in [0.25, 0.3) is 0 Å². The second-order valence-electron chi connectivity index (χ2n) is 3.49. The van der Waals surface area contributed by atoms with Crippen LogP contribution in [0.2, 0.25) is 0 Å². The number of aromatic nitrogens is 1. The first-order valence-electron chi connectivity index (χ1n) is 4.99. The van der Waals surface area contributed by atoms with Crippen molar-refractivity contribution in [2.75, 3.05) is 13.7 Å². The number of rotatable bonds is 6. The van der Waals surface area contributed by atoms with E-state index in [9.17, 15) is 14.9 Å². The van der Waals surface area contributed by atoms with Crippen LogP contribution in [0.3, 0.4) is 0 Å². The van der Waals surface area contributed by atoms with Crippen molar-refractivity contribution >= 4 is 11.7 Å². The lowest BCUT2D eigenvalue weighted by molar-refractivity contribution is -0.385. The van der Waals surface area contributed by atoms with E-state index in [1.165, 1.54) is 7.11 Å². The monoisotopic (exact) mass is 256 g/mol. The minimum atomic E-state index is -1.34. The highest BCUT2D eigenvalue weighted by molar-refractivity contribution is 5.90. The van der Waals surface area contributed by atoms with E-state index in [1.54, 1.807) is 6.92 Å². The molecule has 1 aromatic heterocycles. The number of nitrogens with zero attached hydrogens (tertiary/aromatic N) is 2. The van der Waals surface area contributed by atoms with Gasteiger partial charge in [0.15, 0.2) is 0 Å². The molecule has 8 nitrogen and oxygen atoms in total. The Morgan fingerprint density at radius 1 is 1.67 bits per heavy atom. The molecule has 1 atom stereocenters. The van der Waals surface area contributed by atoms with Crippen LogP contribution in [-0.4, -0.2) is 40.8 Å². The molecule has 0 spiro atoms. The molecule has 0 aliphatic rings. The molecule has 0 radical (unpaired) electrons. The second-order valence-corrected chi connectivity index (χ2v) is 3.49. The second kappa shape index (κ2) is 5.92. The van der Waals surface area contributed by atoms with Crippen molar-refractivity contribution in [3.63, 3.8) is 0 Å². The highest BCUT2D eigenvalue weighted by Gasteiger charge is 2.20. The van der Waals surface area contributed by atoms with Crippen LogP contribution in [0, 0.1) is 10.1 Å². The zero-order chi connectivity index (χ0) is 13.7. The van der Waals surface area contributed by atoms with Gasteiger partial charge in [0, 0.05) is 13.2 Å². The topological polar surface area (TPSA) is 112 Å². The Morgan fingerprint density at radius 2 is 2.33 bits per heavy atom. The molecule has 1 unspecified atom stereocenters. The third-order valence-corrected chi connectivity index (χ3v) is 1.99. The van der Waals surface area contributed by atoms with E-state index >= 15 is 0 Å². The largest absolute Gasteiger partial charge is 0.477 e. The molecule has 0 saturated heterocycles. The van der Waals surface area contributed by atoms with Gasteiger partial charge in [-0.25, -0.2) is 9.78 Å². The van der Waals surface area contributed by atoms with Crippen molar-refractivity contribution in [1.29, 1.82) is 0 Å². The number of pyridine rings is 1. The van der Waals surface area contributed by atoms with E-state index in [2.05, 4.69) is 4.98 Å². The molecule has 0 fully saturated rings. The van der Waals surface area contributed by atoms with Gasteiger partial charge in [-0.05, 0) is 6.92 Å². The summed E-state index contributed by atoms with van der Waals surface area (Å²) in [7, 11) is 1.47. The quantitative estimate of drug-likeness (QED) is 0.599. The van der Waals surface area contributed by atoms with E-state index < -0.39 is 22.7 Å². The number of aromatic carboxylic acids is 1. The van der Waals surface area contributed by atoms with Crippen molar-refractivity contribution in [2.45, 2.75) is 13.0 Å². The maximum absolute atomic E-state index is 11.0. The molecule has 0 bridgehead atoms. The Morgan fingerprint density at radius 3 is 2.83 bits per heavy atom. The lowest BCUT2D eigenvalue weighted by atomic mass is 10.2. The fourth-order valence-corrected chi connectivity index (χ4v) is 1.25. The van der Waals surface area contributed by atoms with Gasteiger partial charge in [-0.15, -0.1) is 0 Å². The number of nitro groups is 1. The van der Waals surface area contributed by atoms with E-state index in [1.807, 2.05) is 0 Å². The predicted molar refractivity (Wildman–Crippen MR) is 59.8 cm³/mol. The Labute approximate surface area is 102 Å². The maximum Gasteiger partial charge on any atom is 0.341 e. The molecule has 0 aromatic carbocycles. The Bertz CT molecular complexity index is 462. The number of methoxy groups -OCH3 is 1. The summed E-state index contributed by atoms with van der Waals surface area (Å²) in [6, 6.07) is 0.907. The molecule has 18 heavy (non-hydrogen) atoms. The molecule has 0 saturated carbocycles. The number of carbonyl (C=O) groups is 1. The predicted octanol–water partition coefficient (Wildman–Crippen LogP) is 1.10. The smallest absolute Gasteiger partial charge is 0.341 e. The van der Waals surface area contributed by atoms with Crippen LogP contribution in [0.4, 0.5) is 5.69 Å². The van der Waals surface area contributed by atoms with Crippen LogP contribution in [0.5, 0.6) is 5.88 Å². The van der Waals surface area contributed by atoms with Gasteiger partial charge in [-0.3, -0.25) is 10.1 Å². The molecular weight excluding hydrogens is 244 g/mol. The fraction of sp³-hybridized carbons (Fsp3) is 0.400. The van der Waals surface area contributed by atoms with Crippen LogP contribution in [-0.2, 0) is 4.74 Å². The molecule has 1 N–H and O–H groups in total. The van der Waals surface area contributed by atoms with Crippen molar-refractivity contribution < 1.29 is 24.3 Å². The van der Waals surface area contributed by atoms with Gasteiger partial charge in [0.1, 0.15) is 17.9 Å². The number of ether oxygens (including phenoxy) is 2. The Hall–Kier alpha value is -2.22. The summed E-state index contributed by atoms with van der Waals surface area (Å²) in [5.74, 6) is -1.51. The molecule has 1 aromatic rings. The van der Waals surface area contributed by atoms with Crippen LogP contribution >= 0.6 is 0 Å². The van der Waals surface area contributed by atoms with Crippen molar-refractivity contribution in [2.24, 2.45) is 0 Å². The molecule has 0 aliphatic carbocycles. The normalized spacial score (nSPS) is 11.9. The lowest BCUT2D eigenvalue weighted by Crippen LogP contribution is -2.20. The first-order chi connectivity index (χ1) is 8.45. The Kier molecular flexibility index (Phi) is 4.55. The van der Waals surface area contributed by atoms with Crippen LogP contribution in [0.1, 0.15) is 17.3 Å². The summed E-state index contributed by atoms with van der Waals surface area (Å²) >= 11 is 0. The van der Waals surface area contributed by atoms with Crippen LogP contribution < -0.4 is 4.74 Å². The standard InChI is InChI=1S/C10H12N2O6/c1-6(5-17-2)18-9-8(10(13)14)3-7(4-11-9)12(15)16/h3-4,6H,5H2,1-2H3,(H,13,14). The van der Waals surface area contributed by atoms with Gasteiger partial charge in [-0.1, -0.05) is 0 Å². The first-order valence-corrected chi connectivity index (χ1v) is 4.99. The van der Waals surface area contributed by atoms with Crippen molar-refractivity contribution in [3.8, 4) is 5.88 Å². The summed E-state index contributed by atoms with van der Waals surface area (Å²) in [4.78, 5) is 24.4. The lowest BCUT2D eigenvalue weighted by Gasteiger charge is -2.13. The van der Waals surface area contributed by atoms with Gasteiger partial charge in [-0.2, -0.15) is 0 Å². The molecule has 0 aliphatic heterocycles. The molecule has 8 heteroatoms. The van der Waals surface area contributed by atoms with Gasteiger partial charge in [0.2, 0.25) is 5.88 Å². The number of hydrogen-bond donors (Lipinski definition) is 1. The van der Waals surface area contributed by atoms with E-state index in [-0.39, 0.29) is 18.1 Å². The maximum atomic E-state index is 11.0. The highest BCUT2D eigenvalue weighted by atomic mass is 16.6. The fourth-order valence-electron chi connectivity index (χ4n) is 1.25. The summed E-state index contributed by atoms with van der Waals surface area (Å²) < 4.78 is 10.1. The minimum Gasteiger partial charge on any atom is -0.477 e. The summed E-state index contributed by atoms with van der Waals surface area (Å²) in [5.41, 5.74) is -0.758. The summed E-state index contributed by atoms with van der Waals surface area (Å²) in [5, 5.41) is 19.5. The third kappa shape index (κ3) is 3.39. The van der Waals surface area contributed by atoms with Gasteiger partial charge < -0.3 is 14.6 Å². The third-order valence-electron chi connectivity index (χ3n) is 1.99. The SMILES string of the molecule is COCC(C)Oc1ncc([N+](=O)[O-])cc1C(=O)O. The first kappa shape index (κ1) is 13.8. The molecule has 1 heterocycles. The van der Waals surface area contributed by atoms with Gasteiger partial charge in [0.05, 0.1) is 11.5 Å². The summed E-state index contributed by atoms with van der Waals surface area (Å²) in [6.45, 7) is 1.91. The van der Waals surface area contributed by atoms with Gasteiger partial charge in [0.25, 0.3) is 5.69 Å². The molecule has 0 amide bonds. The molecule has 98 valence electrons. The van der Waals surface area contributed by atoms with Crippen LogP contribution in [0.15, 0.2) is 12.3 Å². The average Bonchev–Trinajstić information content (AvgIpc) is 2.29. The Balaban J connectivity index is 3.04. The van der Waals surface area contributed by atoms with Gasteiger partial charge >= 0.3 is 5.97 Å². The number of hydrogen-bond acceptors (Lipinski definition) is 6. The van der Waals surface area contributed by atoms with E-state index in [0.29, 0.717) is 0 Å². The van der Waals surface area contributed by atoms with E-state index in [0.717, 1.165) is 12.3 Å². The summed E-state index contributed by atoms with van der Waals surface area (Å²) in [6.07, 6.45) is 0.531. The highest BCUT2D eigenvalue weighted by Crippen LogP contribution is 2.21. The minimum absolute atomic E-state index is 0.169. The van der Waals surface area contributed by atoms with E-state index in [4.69, 9.17) is 14.6 Å². The average molecular weight is 256 g/mol.